The first-order valence-corrected chi connectivity index (χ1v) is 39.8. The predicted octanol–water partition coefficient (Wildman–Crippen LogP) is 14.0. The first kappa shape index (κ1) is 79.0. The van der Waals surface area contributed by atoms with E-state index in [2.05, 4.69) is 67.7 Å². The van der Waals surface area contributed by atoms with Crippen molar-refractivity contribution in [2.45, 2.75) is 112 Å². The number of nitrogens with zero attached hydrogens (tertiary/aromatic N) is 13. The highest BCUT2D eigenvalue weighted by Crippen LogP contribution is 2.73. The molecule has 16 atom stereocenters. The summed E-state index contributed by atoms with van der Waals surface area (Å²) >= 11 is 7.22. The topological polar surface area (TPSA) is 339 Å². The van der Waals surface area contributed by atoms with Crippen LogP contribution in [0.15, 0.2) is 208 Å². The summed E-state index contributed by atoms with van der Waals surface area (Å²) in [5, 5.41) is 47.2. The molecule has 6 aliphatic carbocycles. The van der Waals surface area contributed by atoms with E-state index in [0.717, 1.165) is 53.9 Å². The molecule has 12 aromatic rings. The average Bonchev–Trinajstić information content (AvgIpc) is 1.53. The van der Waals surface area contributed by atoms with Crippen molar-refractivity contribution in [1.29, 1.82) is 5.26 Å². The first-order valence-electron chi connectivity index (χ1n) is 37.8. The van der Waals surface area contributed by atoms with E-state index in [0.29, 0.717) is 56.6 Å². The number of aliphatic hydroxyl groups excluding tert-OH is 3. The number of nitriles is 1. The molecule has 0 spiro atoms. The van der Waals surface area contributed by atoms with Crippen molar-refractivity contribution in [3.8, 4) is 17.6 Å². The van der Waals surface area contributed by atoms with Gasteiger partial charge < -0.3 is 63.5 Å². The number of imidazole rings is 3. The maximum Gasteiger partial charge on any atom is 0.256 e. The number of methoxy groups -OCH3 is 2. The van der Waals surface area contributed by atoms with Crippen LogP contribution >= 0.6 is 20.0 Å². The Bertz CT molecular complexity index is 5300. The third-order valence-corrected chi connectivity index (χ3v) is 25.5. The normalized spacial score (nSPS) is 25.9. The fraction of sp³-hybridized carbons (Fsp3) is 0.345. The van der Waals surface area contributed by atoms with Gasteiger partial charge in [-0.1, -0.05) is 123 Å². The number of alkyl halides is 4. The maximum absolute atomic E-state index is 16.0. The van der Waals surface area contributed by atoms with Gasteiger partial charge in [-0.15, -0.1) is 11.6 Å². The van der Waals surface area contributed by atoms with Crippen LogP contribution in [0.3, 0.4) is 0 Å². The molecule has 6 saturated carbocycles. The largest absolute Gasteiger partial charge is 0.497 e. The molecule has 6 aromatic heterocycles. The Morgan fingerprint density at radius 1 is 0.522 bits per heavy atom. The number of aromatic nitrogens is 12. The Kier molecular flexibility index (Phi) is 22.6. The fourth-order valence-corrected chi connectivity index (χ4v) is 18.8. The zero-order chi connectivity index (χ0) is 80.5. The van der Waals surface area contributed by atoms with Crippen LogP contribution < -0.4 is 25.4 Å². The summed E-state index contributed by atoms with van der Waals surface area (Å²) < 4.78 is 72.9. The Labute approximate surface area is 665 Å². The lowest BCUT2D eigenvalue weighted by Crippen LogP contribution is -2.32. The molecule has 115 heavy (non-hydrogen) atoms. The van der Waals surface area contributed by atoms with Gasteiger partial charge >= 0.3 is 0 Å². The van der Waals surface area contributed by atoms with E-state index in [1.165, 1.54) is 31.6 Å². The van der Waals surface area contributed by atoms with E-state index < -0.39 is 73.6 Å². The molecule has 26 nitrogen and oxygen atoms in total. The molecule has 6 aliphatic rings. The van der Waals surface area contributed by atoms with Crippen LogP contribution in [-0.4, -0.2) is 163 Å². The number of anilines is 3. The third kappa shape index (κ3) is 14.7. The second-order valence-corrected chi connectivity index (χ2v) is 31.4. The fourth-order valence-electron chi connectivity index (χ4n) is 17.3. The lowest BCUT2D eigenvalue weighted by atomic mass is 9.84. The number of halogens is 4. The van der Waals surface area contributed by atoms with Gasteiger partial charge in [-0.25, -0.2) is 58.0 Å². The van der Waals surface area contributed by atoms with Crippen LogP contribution in [0.25, 0.3) is 33.5 Å². The standard InChI is InChI=1S/C24H26FN6O3P.C21H19ClO2.C20H20FN5O2.C19H18FN5O3/c1-3-24-12-16(24)19(17(25)20(24)34-35(2)33-11-7-10-26)31-14-29-18-21(27-13-28-22(18)31)30-23(32)15-8-5-4-6-9-15;1-23-19-12-8-17(9-13-19)21(22,16-6-4-3-5-7-16)18-10-14-20(24-2)15-11-18;1-2-20-8-12(20)15(13(21)16(20)27)26-10-24-14-17(22-9-23-18(14)26)25-19(28)11-6-4-3-5-7-11;20-12-14(11-6-19(11,7-26)15(12)27)25-9-23-13-16(21-8-22-17(13)25)24-18(28)10-4-2-1-3-5-10/h4-6,8-9,13-14,16-17,19-20H,3,7,11-12H2,1-2H3,(H,27,28,30,32);3-15H,1-2H3;3-7,9-10,12-13,15-16,27H,2,8H2,1H3,(H,22,23,25,28);1-5,8-9,11-12,14-15,26-27H,6-7H2,(H,21,22,24,28)/t16-,17+,19-,20+,24-,35?;;12-,13+,15-,16+,20-;11-,12+,14-,15+,19+/m1.11/s1. The minimum absolute atomic E-state index is 0.0669. The van der Waals surface area contributed by atoms with Gasteiger partial charge in [0.2, 0.25) is 0 Å². The number of aliphatic hydroxyl groups is 3. The van der Waals surface area contributed by atoms with Gasteiger partial charge in [0.05, 0.1) is 89.2 Å². The summed E-state index contributed by atoms with van der Waals surface area (Å²) in [7, 11) is 2.01. The molecule has 3 amide bonds. The van der Waals surface area contributed by atoms with Crippen molar-refractivity contribution in [2.24, 2.45) is 34.0 Å². The zero-order valence-electron chi connectivity index (χ0n) is 63.2. The van der Waals surface area contributed by atoms with Crippen LogP contribution in [0.5, 0.6) is 11.5 Å². The quantitative estimate of drug-likeness (QED) is 0.0159. The molecule has 0 bridgehead atoms. The van der Waals surface area contributed by atoms with Gasteiger partial charge in [-0.05, 0) is 127 Å². The Morgan fingerprint density at radius 3 is 1.23 bits per heavy atom. The monoisotopic (exact) mass is 1600 g/mol. The first-order chi connectivity index (χ1) is 55.8. The molecule has 0 radical (unpaired) electrons. The van der Waals surface area contributed by atoms with Gasteiger partial charge in [0.1, 0.15) is 60.0 Å². The van der Waals surface area contributed by atoms with Crippen LogP contribution in [0, 0.1) is 45.3 Å². The summed E-state index contributed by atoms with van der Waals surface area (Å²) in [6, 6.07) is 52.5. The van der Waals surface area contributed by atoms with Crippen LogP contribution in [0.2, 0.25) is 0 Å². The molecule has 6 aromatic carbocycles. The molecular weight excluding hydrogens is 1520 g/mol. The van der Waals surface area contributed by atoms with Crippen molar-refractivity contribution in [2.75, 3.05) is 50.0 Å². The minimum atomic E-state index is -1.53. The third-order valence-electron chi connectivity index (χ3n) is 23.7. The summed E-state index contributed by atoms with van der Waals surface area (Å²) in [6.45, 7) is 5.87. The SMILES string of the molecule is CC[C@@]12C[C@@H]1[C@@H](n1cnc3c(NC(=O)c4ccccc4)ncnc31)[C@H](F)[C@@H]2O.CC[C@@]12C[C@@H]1[C@@H](n1cnc3c(NC(=O)c4ccccc4)ncnc31)[C@H](F)[C@@H]2OP(C)OCCC#N.COc1ccc(C(Cl)(c2ccccc2)c2ccc(OC)cc2)cc1.O=C(Nc1ncnc2c1ncn2[C@H]1[C@H](F)[C@H](O)[C@]2(CO)C[C@H]12)c1ccccc1. The second-order valence-electron chi connectivity index (χ2n) is 29.5. The molecule has 18 rings (SSSR count). The highest BCUT2D eigenvalue weighted by Gasteiger charge is 2.74. The number of carbonyl (C=O) groups excluding carboxylic acids is 3. The van der Waals surface area contributed by atoms with Crippen LogP contribution in [-0.2, 0) is 13.9 Å². The Hall–Kier alpha value is -11.2. The van der Waals surface area contributed by atoms with E-state index in [4.69, 9.17) is 35.4 Å². The zero-order valence-corrected chi connectivity index (χ0v) is 64.8. The number of amides is 3. The summed E-state index contributed by atoms with van der Waals surface area (Å²) in [5.74, 6) is 1.43. The number of fused-ring (bicyclic) bond motifs is 6. The molecular formula is C84H83ClF3N16O10P. The molecule has 6 fully saturated rings. The van der Waals surface area contributed by atoms with Gasteiger partial charge in [-0.2, -0.15) is 5.26 Å². The molecule has 6 heterocycles. The Morgan fingerprint density at radius 2 is 0.870 bits per heavy atom. The number of hydrogen-bond acceptors (Lipinski definition) is 20. The van der Waals surface area contributed by atoms with E-state index in [-0.39, 0.29) is 83.4 Å². The van der Waals surface area contributed by atoms with Gasteiger partial charge in [0.15, 0.2) is 59.3 Å². The van der Waals surface area contributed by atoms with Gasteiger partial charge in [-0.3, -0.25) is 14.4 Å². The van der Waals surface area contributed by atoms with E-state index in [1.807, 2.05) is 110 Å². The minimum Gasteiger partial charge on any atom is -0.497 e. The predicted molar refractivity (Wildman–Crippen MR) is 424 cm³/mol. The van der Waals surface area contributed by atoms with Crippen molar-refractivity contribution in [3.05, 3.63) is 241 Å². The smallest absolute Gasteiger partial charge is 0.256 e. The molecule has 0 saturated heterocycles. The molecule has 0 aliphatic heterocycles. The highest BCUT2D eigenvalue weighted by atomic mass is 35.5. The van der Waals surface area contributed by atoms with Crippen LogP contribution in [0.4, 0.5) is 30.6 Å². The Balaban J connectivity index is 0.000000122. The summed E-state index contributed by atoms with van der Waals surface area (Å²) in [6.07, 6.45) is 5.60. The second kappa shape index (κ2) is 32.9. The van der Waals surface area contributed by atoms with Crippen molar-refractivity contribution >= 4 is 88.6 Å². The average molecular weight is 1600 g/mol. The molecule has 592 valence electrons. The van der Waals surface area contributed by atoms with Crippen molar-refractivity contribution in [3.63, 3.8) is 0 Å². The number of hydrogen-bond donors (Lipinski definition) is 6. The van der Waals surface area contributed by atoms with E-state index in [9.17, 15) is 38.5 Å². The number of carbonyl (C=O) groups is 3. The van der Waals surface area contributed by atoms with Gasteiger partial charge in [0, 0.05) is 39.6 Å². The van der Waals surface area contributed by atoms with Crippen molar-refractivity contribution in [1.82, 2.24) is 58.6 Å². The molecule has 1 unspecified atom stereocenters. The van der Waals surface area contributed by atoms with Gasteiger partial charge in [0.25, 0.3) is 17.7 Å². The molecule has 6 N–H and O–H groups in total. The summed E-state index contributed by atoms with van der Waals surface area (Å²) in [5.41, 5.74) is 5.55. The van der Waals surface area contributed by atoms with E-state index in [1.54, 1.807) is 114 Å². The maximum atomic E-state index is 16.0. The van der Waals surface area contributed by atoms with Crippen LogP contribution in [0.1, 0.15) is 118 Å². The number of ether oxygens (including phenoxy) is 2. The summed E-state index contributed by atoms with van der Waals surface area (Å²) in [4.78, 5) is 75.1. The lowest BCUT2D eigenvalue weighted by molar-refractivity contribution is 0.00953. The van der Waals surface area contributed by atoms with Crippen molar-refractivity contribution < 1.29 is 61.4 Å². The van der Waals surface area contributed by atoms with E-state index >= 15 is 4.39 Å². The number of rotatable bonds is 22. The number of nitrogens with one attached hydrogen (secondary N) is 3. The molecule has 31 heteroatoms. The lowest BCUT2D eigenvalue weighted by Gasteiger charge is -2.29. The number of benzene rings is 6. The highest BCUT2D eigenvalue weighted by molar-refractivity contribution is 7.46.